The van der Waals surface area contributed by atoms with E-state index in [0.29, 0.717) is 35.6 Å². The Morgan fingerprint density at radius 3 is 2.62 bits per heavy atom. The molecule has 4 N–H and O–H groups in total. The summed E-state index contributed by atoms with van der Waals surface area (Å²) in [4.78, 5) is 31.9. The summed E-state index contributed by atoms with van der Waals surface area (Å²) in [5.41, 5.74) is 0.214. The normalized spacial score (nSPS) is 23.8. The lowest BCUT2D eigenvalue weighted by atomic mass is 9.80. The van der Waals surface area contributed by atoms with Gasteiger partial charge in [0.15, 0.2) is 0 Å². The maximum Gasteiger partial charge on any atom is 0.258 e. The van der Waals surface area contributed by atoms with E-state index in [1.807, 2.05) is 18.2 Å². The maximum atomic E-state index is 12.6. The highest BCUT2D eigenvalue weighted by atomic mass is 35.5. The first-order valence-corrected chi connectivity index (χ1v) is 8.37. The van der Waals surface area contributed by atoms with Gasteiger partial charge in [-0.1, -0.05) is 12.1 Å². The van der Waals surface area contributed by atoms with E-state index in [9.17, 15) is 9.59 Å². The van der Waals surface area contributed by atoms with Crippen molar-refractivity contribution in [1.82, 2.24) is 25.9 Å². The summed E-state index contributed by atoms with van der Waals surface area (Å²) in [5, 5.41) is 10.2. The predicted molar refractivity (Wildman–Crippen MR) is 105 cm³/mol. The lowest BCUT2D eigenvalue weighted by Gasteiger charge is -2.25. The Morgan fingerprint density at radius 2 is 1.88 bits per heavy atom. The van der Waals surface area contributed by atoms with E-state index in [-0.39, 0.29) is 41.7 Å². The van der Waals surface area contributed by atoms with E-state index in [2.05, 4.69) is 25.9 Å². The molecule has 0 atom stereocenters. The number of carbonyl (C=O) groups excluding carboxylic acids is 1. The van der Waals surface area contributed by atoms with Crippen LogP contribution in [0.5, 0.6) is 0 Å². The minimum Gasteiger partial charge on any atom is -0.355 e. The minimum atomic E-state index is -0.329. The molecule has 2 aliphatic heterocycles. The van der Waals surface area contributed by atoms with Gasteiger partial charge in [0.05, 0.1) is 16.3 Å². The molecule has 1 amide bonds. The Balaban J connectivity index is 0.00000121. The zero-order chi connectivity index (χ0) is 16.6. The van der Waals surface area contributed by atoms with Crippen LogP contribution in [-0.4, -0.2) is 48.6 Å². The number of hydrogen-bond acceptors (Lipinski definition) is 5. The van der Waals surface area contributed by atoms with E-state index in [4.69, 9.17) is 0 Å². The minimum absolute atomic E-state index is 0. The Morgan fingerprint density at radius 1 is 1.19 bits per heavy atom. The van der Waals surface area contributed by atoms with Crippen LogP contribution in [0.4, 0.5) is 0 Å². The fourth-order valence-corrected chi connectivity index (χ4v) is 3.82. The summed E-state index contributed by atoms with van der Waals surface area (Å²) in [7, 11) is 0. The van der Waals surface area contributed by atoms with E-state index < -0.39 is 0 Å². The molecule has 1 aromatic carbocycles. The number of hydrogen-bond donors (Lipinski definition) is 4. The fourth-order valence-electron chi connectivity index (χ4n) is 3.82. The van der Waals surface area contributed by atoms with Crippen molar-refractivity contribution in [2.24, 2.45) is 11.3 Å². The quantitative estimate of drug-likeness (QED) is 0.589. The molecule has 0 radical (unpaired) electrons. The molecule has 3 heterocycles. The zero-order valence-corrected chi connectivity index (χ0v) is 15.8. The van der Waals surface area contributed by atoms with Gasteiger partial charge < -0.3 is 20.9 Å². The van der Waals surface area contributed by atoms with Gasteiger partial charge in [-0.15, -0.1) is 24.8 Å². The highest BCUT2D eigenvalue weighted by Gasteiger charge is 2.51. The number of H-pyrrole nitrogens is 1. The molecular weight excluding hydrogens is 377 g/mol. The van der Waals surface area contributed by atoms with Crippen LogP contribution in [0.15, 0.2) is 29.1 Å². The molecule has 1 aromatic heterocycles. The summed E-state index contributed by atoms with van der Waals surface area (Å²) in [5.74, 6) is 1.05. The Labute approximate surface area is 163 Å². The van der Waals surface area contributed by atoms with Gasteiger partial charge in [-0.2, -0.15) is 0 Å². The number of fused-ring (bicyclic) bond motifs is 2. The molecule has 2 fully saturated rings. The van der Waals surface area contributed by atoms with Crippen LogP contribution in [0.2, 0.25) is 0 Å². The number of nitrogens with zero attached hydrogens (tertiary/aromatic N) is 1. The maximum absolute atomic E-state index is 12.6. The van der Waals surface area contributed by atoms with Crippen molar-refractivity contribution in [3.8, 4) is 0 Å². The van der Waals surface area contributed by atoms with Gasteiger partial charge in [0.25, 0.3) is 5.56 Å². The molecule has 2 saturated heterocycles. The molecule has 0 bridgehead atoms. The van der Waals surface area contributed by atoms with Gasteiger partial charge in [0.1, 0.15) is 5.82 Å². The number of amides is 1. The molecule has 0 aliphatic carbocycles. The highest BCUT2D eigenvalue weighted by Crippen LogP contribution is 2.34. The Hall–Kier alpha value is -1.67. The fraction of sp³-hybridized carbons (Fsp3) is 0.471. The first-order valence-electron chi connectivity index (χ1n) is 8.37. The van der Waals surface area contributed by atoms with Gasteiger partial charge in [-0.05, 0) is 12.1 Å². The number of aromatic amines is 1. The zero-order valence-electron chi connectivity index (χ0n) is 14.2. The molecule has 2 aromatic rings. The number of halogens is 2. The first-order chi connectivity index (χ1) is 11.7. The highest BCUT2D eigenvalue weighted by molar-refractivity contribution is 5.86. The van der Waals surface area contributed by atoms with Crippen LogP contribution in [-0.2, 0) is 11.2 Å². The molecule has 7 nitrogen and oxygen atoms in total. The molecule has 142 valence electrons. The number of rotatable bonds is 4. The third-order valence-corrected chi connectivity index (χ3v) is 5.21. The standard InChI is InChI=1S/C17H21N5O2.2ClH/c23-15-12-3-1-2-4-13(12)21-14(22-15)5-6-20-16(24)17-9-18-7-11(17)8-19-10-17;;/h1-4,11,18-19H,5-10H2,(H,20,24)(H,21,22,23);2*1H. The average Bonchev–Trinajstić information content (AvgIpc) is 3.15. The molecule has 4 rings (SSSR count). The van der Waals surface area contributed by atoms with Crippen LogP contribution >= 0.6 is 24.8 Å². The Kier molecular flexibility index (Phi) is 6.63. The van der Waals surface area contributed by atoms with Crippen LogP contribution in [0.3, 0.4) is 0 Å². The van der Waals surface area contributed by atoms with E-state index in [1.54, 1.807) is 6.07 Å². The van der Waals surface area contributed by atoms with Crippen LogP contribution in [0.25, 0.3) is 10.9 Å². The molecular formula is C17H23Cl2N5O2. The molecule has 26 heavy (non-hydrogen) atoms. The van der Waals surface area contributed by atoms with Gasteiger partial charge in [-0.25, -0.2) is 4.98 Å². The number of carbonyl (C=O) groups is 1. The van der Waals surface area contributed by atoms with Gasteiger partial charge in [-0.3, -0.25) is 9.59 Å². The number of para-hydroxylation sites is 1. The SMILES string of the molecule is Cl.Cl.O=C(NCCc1nc2ccccc2c(=O)[nH]1)C12CNCC1CNC2. The van der Waals surface area contributed by atoms with Gasteiger partial charge >= 0.3 is 0 Å². The summed E-state index contributed by atoms with van der Waals surface area (Å²) >= 11 is 0. The molecule has 0 spiro atoms. The van der Waals surface area contributed by atoms with Crippen molar-refractivity contribution in [2.45, 2.75) is 6.42 Å². The smallest absolute Gasteiger partial charge is 0.258 e. The lowest BCUT2D eigenvalue weighted by molar-refractivity contribution is -0.130. The van der Waals surface area contributed by atoms with Crippen molar-refractivity contribution in [3.05, 3.63) is 40.4 Å². The van der Waals surface area contributed by atoms with Crippen LogP contribution < -0.4 is 21.5 Å². The second-order valence-corrected chi connectivity index (χ2v) is 6.65. The first kappa shape index (κ1) is 20.6. The van der Waals surface area contributed by atoms with Crippen molar-refractivity contribution in [2.75, 3.05) is 32.7 Å². The third-order valence-electron chi connectivity index (χ3n) is 5.21. The summed E-state index contributed by atoms with van der Waals surface area (Å²) < 4.78 is 0. The molecule has 2 aliphatic rings. The second kappa shape index (κ2) is 8.35. The van der Waals surface area contributed by atoms with Crippen LogP contribution in [0, 0.1) is 11.3 Å². The molecule has 9 heteroatoms. The monoisotopic (exact) mass is 399 g/mol. The van der Waals surface area contributed by atoms with Gasteiger partial charge in [0.2, 0.25) is 5.91 Å². The molecule has 0 unspecified atom stereocenters. The summed E-state index contributed by atoms with van der Waals surface area (Å²) in [6.07, 6.45) is 0.507. The van der Waals surface area contributed by atoms with E-state index >= 15 is 0 Å². The summed E-state index contributed by atoms with van der Waals surface area (Å²) in [6.45, 7) is 3.69. The average molecular weight is 400 g/mol. The van der Waals surface area contributed by atoms with Crippen molar-refractivity contribution in [1.29, 1.82) is 0 Å². The number of nitrogens with one attached hydrogen (secondary N) is 4. The van der Waals surface area contributed by atoms with Gasteiger partial charge in [0, 0.05) is 45.1 Å². The number of aromatic nitrogens is 2. The predicted octanol–water partition coefficient (Wildman–Crippen LogP) is 0.234. The van der Waals surface area contributed by atoms with E-state index in [1.165, 1.54) is 0 Å². The van der Waals surface area contributed by atoms with Crippen LogP contribution in [0.1, 0.15) is 5.82 Å². The second-order valence-electron chi connectivity index (χ2n) is 6.65. The topological polar surface area (TPSA) is 98.9 Å². The molecule has 0 saturated carbocycles. The third kappa shape index (κ3) is 3.57. The van der Waals surface area contributed by atoms with Crippen molar-refractivity contribution < 1.29 is 4.79 Å². The largest absolute Gasteiger partial charge is 0.355 e. The Bertz CT molecular complexity index is 831. The van der Waals surface area contributed by atoms with Crippen molar-refractivity contribution in [3.63, 3.8) is 0 Å². The van der Waals surface area contributed by atoms with Crippen molar-refractivity contribution >= 4 is 41.6 Å². The summed E-state index contributed by atoms with van der Waals surface area (Å²) in [6, 6.07) is 7.26. The number of benzene rings is 1. The van der Waals surface area contributed by atoms with E-state index in [0.717, 1.165) is 26.2 Å². The lowest BCUT2D eigenvalue weighted by Crippen LogP contribution is -2.47.